The van der Waals surface area contributed by atoms with Crippen LogP contribution in [0.5, 0.6) is 5.75 Å². The smallest absolute Gasteiger partial charge is 0.336 e. The first-order valence-electron chi connectivity index (χ1n) is 7.53. The lowest BCUT2D eigenvalue weighted by atomic mass is 10.1. The fourth-order valence-corrected chi connectivity index (χ4v) is 2.64. The summed E-state index contributed by atoms with van der Waals surface area (Å²) >= 11 is 0. The molecule has 4 heteroatoms. The number of aromatic hydroxyl groups is 1. The van der Waals surface area contributed by atoms with E-state index >= 15 is 0 Å². The first-order chi connectivity index (χ1) is 10.0. The molecule has 0 amide bonds. The molecule has 0 saturated carbocycles. The second-order valence-corrected chi connectivity index (χ2v) is 5.50. The van der Waals surface area contributed by atoms with Crippen LogP contribution in [0.25, 0.3) is 11.0 Å². The molecule has 1 aromatic carbocycles. The van der Waals surface area contributed by atoms with Crippen molar-refractivity contribution < 1.29 is 9.52 Å². The molecule has 0 aliphatic carbocycles. The molecule has 0 fully saturated rings. The molecule has 21 heavy (non-hydrogen) atoms. The first-order valence-corrected chi connectivity index (χ1v) is 7.53. The molecule has 114 valence electrons. The average molecular weight is 289 g/mol. The standard InChI is InChI=1S/C17H23NO3/c1-4-6-18(7-5-2)11-13-9-17(20)21-16-8-12(3)15(19)10-14(13)16/h8-10,19H,4-7,11H2,1-3H3. The van der Waals surface area contributed by atoms with Gasteiger partial charge in [-0.1, -0.05) is 13.8 Å². The van der Waals surface area contributed by atoms with Gasteiger partial charge in [0.1, 0.15) is 11.3 Å². The quantitative estimate of drug-likeness (QED) is 0.828. The van der Waals surface area contributed by atoms with Crippen LogP contribution in [0, 0.1) is 6.92 Å². The third kappa shape index (κ3) is 3.64. The van der Waals surface area contributed by atoms with Gasteiger partial charge < -0.3 is 9.52 Å². The Balaban J connectivity index is 2.46. The Bertz CT molecular complexity index is 670. The molecule has 1 N–H and O–H groups in total. The number of hydrogen-bond donors (Lipinski definition) is 1. The Morgan fingerprint density at radius 3 is 2.43 bits per heavy atom. The van der Waals surface area contributed by atoms with Gasteiger partial charge in [-0.2, -0.15) is 0 Å². The van der Waals surface area contributed by atoms with Crippen molar-refractivity contribution in [3.63, 3.8) is 0 Å². The van der Waals surface area contributed by atoms with Crippen LogP contribution < -0.4 is 5.63 Å². The van der Waals surface area contributed by atoms with E-state index in [1.165, 1.54) is 6.07 Å². The van der Waals surface area contributed by atoms with E-state index in [1.807, 2.05) is 0 Å². The number of hydrogen-bond acceptors (Lipinski definition) is 4. The van der Waals surface area contributed by atoms with Gasteiger partial charge in [0.15, 0.2) is 0 Å². The summed E-state index contributed by atoms with van der Waals surface area (Å²) in [6.45, 7) is 8.78. The minimum Gasteiger partial charge on any atom is -0.508 e. The van der Waals surface area contributed by atoms with Gasteiger partial charge in [0.05, 0.1) is 0 Å². The summed E-state index contributed by atoms with van der Waals surface area (Å²) in [4.78, 5) is 14.1. The predicted octanol–water partition coefficient (Wildman–Crippen LogP) is 3.43. The van der Waals surface area contributed by atoms with Crippen molar-refractivity contribution in [2.75, 3.05) is 13.1 Å². The van der Waals surface area contributed by atoms with Crippen LogP contribution in [-0.4, -0.2) is 23.1 Å². The number of rotatable bonds is 6. The molecule has 0 aliphatic rings. The van der Waals surface area contributed by atoms with Gasteiger partial charge in [0, 0.05) is 18.0 Å². The minimum absolute atomic E-state index is 0.232. The Morgan fingerprint density at radius 2 is 1.81 bits per heavy atom. The molecule has 0 saturated heterocycles. The van der Waals surface area contributed by atoms with Gasteiger partial charge in [0.25, 0.3) is 0 Å². The van der Waals surface area contributed by atoms with E-state index in [4.69, 9.17) is 4.42 Å². The summed E-state index contributed by atoms with van der Waals surface area (Å²) in [5.41, 5.74) is 1.83. The maximum absolute atomic E-state index is 11.8. The number of benzene rings is 1. The molecule has 1 aromatic heterocycles. The highest BCUT2D eigenvalue weighted by molar-refractivity contribution is 5.82. The van der Waals surface area contributed by atoms with Gasteiger partial charge in [-0.05, 0) is 56.1 Å². The van der Waals surface area contributed by atoms with Crippen molar-refractivity contribution in [2.24, 2.45) is 0 Å². The molecule has 4 nitrogen and oxygen atoms in total. The number of aryl methyl sites for hydroxylation is 1. The molecule has 0 aliphatic heterocycles. The Hall–Kier alpha value is -1.81. The molecule has 0 radical (unpaired) electrons. The van der Waals surface area contributed by atoms with E-state index in [0.717, 1.165) is 36.9 Å². The lowest BCUT2D eigenvalue weighted by Gasteiger charge is -2.21. The summed E-state index contributed by atoms with van der Waals surface area (Å²) in [6, 6.07) is 4.95. The largest absolute Gasteiger partial charge is 0.508 e. The van der Waals surface area contributed by atoms with E-state index in [1.54, 1.807) is 19.1 Å². The average Bonchev–Trinajstić information content (AvgIpc) is 2.41. The van der Waals surface area contributed by atoms with Crippen molar-refractivity contribution in [3.8, 4) is 5.75 Å². The second-order valence-electron chi connectivity index (χ2n) is 5.50. The Labute approximate surface area is 125 Å². The topological polar surface area (TPSA) is 53.7 Å². The maximum Gasteiger partial charge on any atom is 0.336 e. The number of phenolic OH excluding ortho intramolecular Hbond substituents is 1. The van der Waals surface area contributed by atoms with Crippen molar-refractivity contribution in [1.82, 2.24) is 4.90 Å². The minimum atomic E-state index is -0.337. The summed E-state index contributed by atoms with van der Waals surface area (Å²) in [5, 5.41) is 10.7. The van der Waals surface area contributed by atoms with Crippen LogP contribution >= 0.6 is 0 Å². The number of fused-ring (bicyclic) bond motifs is 1. The highest BCUT2D eigenvalue weighted by Gasteiger charge is 2.12. The number of nitrogens with zero attached hydrogens (tertiary/aromatic N) is 1. The molecule has 1 heterocycles. The van der Waals surface area contributed by atoms with Crippen LogP contribution in [0.3, 0.4) is 0 Å². The third-order valence-electron chi connectivity index (χ3n) is 3.62. The SMILES string of the molecule is CCCN(CCC)Cc1cc(=O)oc2cc(C)c(O)cc12. The first kappa shape index (κ1) is 15.6. The van der Waals surface area contributed by atoms with Crippen molar-refractivity contribution >= 4 is 11.0 Å². The highest BCUT2D eigenvalue weighted by Crippen LogP contribution is 2.26. The summed E-state index contributed by atoms with van der Waals surface area (Å²) < 4.78 is 5.25. The van der Waals surface area contributed by atoms with Crippen LogP contribution in [0.4, 0.5) is 0 Å². The summed E-state index contributed by atoms with van der Waals surface area (Å²) in [7, 11) is 0. The van der Waals surface area contributed by atoms with Crippen LogP contribution in [0.1, 0.15) is 37.8 Å². The van der Waals surface area contributed by atoms with Crippen molar-refractivity contribution in [2.45, 2.75) is 40.2 Å². The maximum atomic E-state index is 11.8. The molecule has 2 rings (SSSR count). The zero-order valence-corrected chi connectivity index (χ0v) is 13.0. The summed E-state index contributed by atoms with van der Waals surface area (Å²) in [6.07, 6.45) is 2.15. The second kappa shape index (κ2) is 6.76. The van der Waals surface area contributed by atoms with E-state index in [9.17, 15) is 9.90 Å². The van der Waals surface area contributed by atoms with Gasteiger partial charge >= 0.3 is 5.63 Å². The van der Waals surface area contributed by atoms with Crippen molar-refractivity contribution in [1.29, 1.82) is 0 Å². The Morgan fingerprint density at radius 1 is 1.14 bits per heavy atom. The zero-order valence-electron chi connectivity index (χ0n) is 13.0. The van der Waals surface area contributed by atoms with E-state index in [-0.39, 0.29) is 11.4 Å². The van der Waals surface area contributed by atoms with Gasteiger partial charge in [-0.3, -0.25) is 4.90 Å². The monoisotopic (exact) mass is 289 g/mol. The normalized spacial score (nSPS) is 11.4. The van der Waals surface area contributed by atoms with Crippen LogP contribution in [0.2, 0.25) is 0 Å². The fraction of sp³-hybridized carbons (Fsp3) is 0.471. The van der Waals surface area contributed by atoms with Crippen LogP contribution in [-0.2, 0) is 6.54 Å². The summed E-state index contributed by atoms with van der Waals surface area (Å²) in [5.74, 6) is 0.232. The predicted molar refractivity (Wildman–Crippen MR) is 84.7 cm³/mol. The Kier molecular flexibility index (Phi) is 5.02. The molecule has 2 aromatic rings. The van der Waals surface area contributed by atoms with E-state index in [2.05, 4.69) is 18.7 Å². The van der Waals surface area contributed by atoms with Crippen LogP contribution in [0.15, 0.2) is 27.4 Å². The fourth-order valence-electron chi connectivity index (χ4n) is 2.64. The molecular weight excluding hydrogens is 266 g/mol. The molecule has 0 atom stereocenters. The number of phenols is 1. The van der Waals surface area contributed by atoms with Gasteiger partial charge in [0.2, 0.25) is 0 Å². The lowest BCUT2D eigenvalue weighted by molar-refractivity contribution is 0.267. The lowest BCUT2D eigenvalue weighted by Crippen LogP contribution is -2.25. The van der Waals surface area contributed by atoms with E-state index in [0.29, 0.717) is 17.7 Å². The van der Waals surface area contributed by atoms with Crippen molar-refractivity contribution in [3.05, 3.63) is 39.7 Å². The van der Waals surface area contributed by atoms with Gasteiger partial charge in [-0.15, -0.1) is 0 Å². The van der Waals surface area contributed by atoms with E-state index < -0.39 is 0 Å². The zero-order chi connectivity index (χ0) is 15.4. The third-order valence-corrected chi connectivity index (χ3v) is 3.62. The highest BCUT2D eigenvalue weighted by atomic mass is 16.4. The van der Waals surface area contributed by atoms with Gasteiger partial charge in [-0.25, -0.2) is 4.79 Å². The molecule has 0 unspecified atom stereocenters. The molecule has 0 bridgehead atoms. The molecular formula is C17H23NO3. The molecule has 0 spiro atoms.